The van der Waals surface area contributed by atoms with Crippen molar-refractivity contribution >= 4 is 23.6 Å². The van der Waals surface area contributed by atoms with Crippen molar-refractivity contribution in [1.29, 1.82) is 0 Å². The second-order valence-corrected chi connectivity index (χ2v) is 4.39. The van der Waals surface area contributed by atoms with Gasteiger partial charge in [-0.15, -0.1) is 0 Å². The number of benzene rings is 1. The Labute approximate surface area is 110 Å². The average Bonchev–Trinajstić information content (AvgIpc) is 2.27. The molecule has 2 amide bonds. The summed E-state index contributed by atoms with van der Waals surface area (Å²) in [5.41, 5.74) is 0.917. The maximum absolute atomic E-state index is 11.4. The number of halogens is 1. The zero-order chi connectivity index (χ0) is 13.5. The molecule has 1 unspecified atom stereocenters. The summed E-state index contributed by atoms with van der Waals surface area (Å²) < 4.78 is 0. The number of carbonyl (C=O) groups is 2. The molecule has 1 rings (SSSR count). The third kappa shape index (κ3) is 5.54. The number of carboxylic acid groups (broad SMARTS) is 1. The predicted octanol–water partition coefficient (Wildman–Crippen LogP) is 2.00. The fourth-order valence-electron chi connectivity index (χ4n) is 1.37. The van der Waals surface area contributed by atoms with Gasteiger partial charge in [0.1, 0.15) is 0 Å². The first-order valence-electron chi connectivity index (χ1n) is 5.48. The second kappa shape index (κ2) is 6.86. The van der Waals surface area contributed by atoms with Gasteiger partial charge in [-0.2, -0.15) is 0 Å². The minimum atomic E-state index is -0.944. The van der Waals surface area contributed by atoms with E-state index in [1.54, 1.807) is 19.1 Å². The molecule has 98 valence electrons. The zero-order valence-corrected chi connectivity index (χ0v) is 10.7. The van der Waals surface area contributed by atoms with Gasteiger partial charge in [0, 0.05) is 17.6 Å². The molecule has 0 bridgehead atoms. The van der Waals surface area contributed by atoms with Gasteiger partial charge in [0.25, 0.3) is 0 Å². The lowest BCUT2D eigenvalue weighted by atomic mass is 10.2. The van der Waals surface area contributed by atoms with E-state index in [1.165, 1.54) is 0 Å². The third-order valence-corrected chi connectivity index (χ3v) is 2.48. The Bertz CT molecular complexity index is 420. The quantitative estimate of drug-likeness (QED) is 0.766. The lowest BCUT2D eigenvalue weighted by molar-refractivity contribution is -0.137. The first-order valence-corrected chi connectivity index (χ1v) is 5.86. The van der Waals surface area contributed by atoms with Crippen molar-refractivity contribution in [2.24, 2.45) is 0 Å². The molecule has 0 saturated heterocycles. The highest BCUT2D eigenvalue weighted by molar-refractivity contribution is 6.30. The highest BCUT2D eigenvalue weighted by Crippen LogP contribution is 2.08. The van der Waals surface area contributed by atoms with Gasteiger partial charge in [-0.25, -0.2) is 4.79 Å². The van der Waals surface area contributed by atoms with Crippen molar-refractivity contribution in [3.8, 4) is 0 Å². The number of hydrogen-bond donors (Lipinski definition) is 3. The van der Waals surface area contributed by atoms with Crippen LogP contribution in [0.25, 0.3) is 0 Å². The molecule has 0 spiro atoms. The molecule has 1 atom stereocenters. The van der Waals surface area contributed by atoms with Crippen LogP contribution < -0.4 is 10.6 Å². The average molecular weight is 271 g/mol. The van der Waals surface area contributed by atoms with Crippen LogP contribution in [0.15, 0.2) is 24.3 Å². The summed E-state index contributed by atoms with van der Waals surface area (Å²) in [7, 11) is 0. The Hall–Kier alpha value is -1.75. The van der Waals surface area contributed by atoms with Crippen LogP contribution in [0.4, 0.5) is 4.79 Å². The molecule has 1 aromatic carbocycles. The number of hydrogen-bond acceptors (Lipinski definition) is 2. The van der Waals surface area contributed by atoms with E-state index >= 15 is 0 Å². The molecule has 0 aliphatic rings. The predicted molar refractivity (Wildman–Crippen MR) is 68.5 cm³/mol. The molecule has 0 aromatic heterocycles. The fraction of sp³-hybridized carbons (Fsp3) is 0.333. The number of amides is 2. The zero-order valence-electron chi connectivity index (χ0n) is 9.94. The van der Waals surface area contributed by atoms with Gasteiger partial charge in [-0.3, -0.25) is 4.79 Å². The minimum absolute atomic E-state index is 0.103. The van der Waals surface area contributed by atoms with Gasteiger partial charge in [-0.1, -0.05) is 23.7 Å². The monoisotopic (exact) mass is 270 g/mol. The lowest BCUT2D eigenvalue weighted by Crippen LogP contribution is -2.41. The summed E-state index contributed by atoms with van der Waals surface area (Å²) in [5, 5.41) is 14.4. The number of nitrogens with one attached hydrogen (secondary N) is 2. The van der Waals surface area contributed by atoms with E-state index in [1.807, 2.05) is 12.1 Å². The number of carbonyl (C=O) groups excluding carboxylic acids is 1. The molecular formula is C12H15ClN2O3. The summed E-state index contributed by atoms with van der Waals surface area (Å²) in [6, 6.07) is 6.30. The summed E-state index contributed by atoms with van der Waals surface area (Å²) in [6.07, 6.45) is -0.103. The summed E-state index contributed by atoms with van der Waals surface area (Å²) in [6.45, 7) is 2.00. The lowest BCUT2D eigenvalue weighted by Gasteiger charge is -2.12. The smallest absolute Gasteiger partial charge is 0.315 e. The molecule has 0 radical (unpaired) electrons. The summed E-state index contributed by atoms with van der Waals surface area (Å²) in [4.78, 5) is 21.9. The molecular weight excluding hydrogens is 256 g/mol. The molecule has 3 N–H and O–H groups in total. The van der Waals surface area contributed by atoms with Gasteiger partial charge in [0.15, 0.2) is 0 Å². The van der Waals surface area contributed by atoms with Gasteiger partial charge in [0.05, 0.1) is 6.42 Å². The first-order chi connectivity index (χ1) is 8.47. The molecule has 0 saturated carbocycles. The van der Waals surface area contributed by atoms with Crippen LogP contribution in [0.3, 0.4) is 0 Å². The van der Waals surface area contributed by atoms with Crippen LogP contribution in [0.2, 0.25) is 5.02 Å². The van der Waals surface area contributed by atoms with Crippen molar-refractivity contribution in [2.45, 2.75) is 25.9 Å². The van der Waals surface area contributed by atoms with Crippen LogP contribution >= 0.6 is 11.6 Å². The van der Waals surface area contributed by atoms with Gasteiger partial charge in [0.2, 0.25) is 0 Å². The molecule has 6 heteroatoms. The minimum Gasteiger partial charge on any atom is -0.481 e. The third-order valence-electron chi connectivity index (χ3n) is 2.22. The second-order valence-electron chi connectivity index (χ2n) is 3.95. The summed E-state index contributed by atoms with van der Waals surface area (Å²) in [5.74, 6) is -0.944. The van der Waals surface area contributed by atoms with Gasteiger partial charge in [-0.05, 0) is 24.6 Å². The Balaban J connectivity index is 2.32. The number of carboxylic acids is 1. The molecule has 5 nitrogen and oxygen atoms in total. The van der Waals surface area contributed by atoms with E-state index in [-0.39, 0.29) is 6.42 Å². The Morgan fingerprint density at radius 3 is 2.50 bits per heavy atom. The Morgan fingerprint density at radius 2 is 1.94 bits per heavy atom. The first kappa shape index (κ1) is 14.3. The van der Waals surface area contributed by atoms with Crippen LogP contribution in [0.1, 0.15) is 18.9 Å². The topological polar surface area (TPSA) is 78.4 Å². The highest BCUT2D eigenvalue weighted by Gasteiger charge is 2.10. The van der Waals surface area contributed by atoms with Crippen LogP contribution in [-0.2, 0) is 11.3 Å². The van der Waals surface area contributed by atoms with Crippen molar-refractivity contribution in [1.82, 2.24) is 10.6 Å². The van der Waals surface area contributed by atoms with Crippen LogP contribution in [-0.4, -0.2) is 23.1 Å². The van der Waals surface area contributed by atoms with Gasteiger partial charge < -0.3 is 15.7 Å². The van der Waals surface area contributed by atoms with Gasteiger partial charge >= 0.3 is 12.0 Å². The Kier molecular flexibility index (Phi) is 5.45. The van der Waals surface area contributed by atoms with Crippen molar-refractivity contribution in [3.63, 3.8) is 0 Å². The van der Waals surface area contributed by atoms with E-state index in [0.29, 0.717) is 11.6 Å². The van der Waals surface area contributed by atoms with Crippen molar-refractivity contribution in [3.05, 3.63) is 34.9 Å². The van der Waals surface area contributed by atoms with E-state index in [2.05, 4.69) is 10.6 Å². The van der Waals surface area contributed by atoms with E-state index < -0.39 is 18.0 Å². The molecule has 0 aliphatic carbocycles. The molecule has 0 fully saturated rings. The maximum Gasteiger partial charge on any atom is 0.315 e. The van der Waals surface area contributed by atoms with Crippen molar-refractivity contribution < 1.29 is 14.7 Å². The number of urea groups is 1. The maximum atomic E-state index is 11.4. The SMILES string of the molecule is CC(CC(=O)O)NC(=O)NCc1ccc(Cl)cc1. The Morgan fingerprint density at radius 1 is 1.33 bits per heavy atom. The summed E-state index contributed by atoms with van der Waals surface area (Å²) >= 11 is 5.74. The molecule has 1 aromatic rings. The largest absolute Gasteiger partial charge is 0.481 e. The van der Waals surface area contributed by atoms with Crippen molar-refractivity contribution in [2.75, 3.05) is 0 Å². The highest BCUT2D eigenvalue weighted by atomic mass is 35.5. The standard InChI is InChI=1S/C12H15ClN2O3/c1-8(6-11(16)17)15-12(18)14-7-9-2-4-10(13)5-3-9/h2-5,8H,6-7H2,1H3,(H,16,17)(H2,14,15,18). The van der Waals surface area contributed by atoms with E-state index in [9.17, 15) is 9.59 Å². The van der Waals surface area contributed by atoms with E-state index in [0.717, 1.165) is 5.56 Å². The number of aliphatic carboxylic acids is 1. The number of rotatable bonds is 5. The molecule has 0 aliphatic heterocycles. The van der Waals surface area contributed by atoms with Crippen LogP contribution in [0, 0.1) is 0 Å². The molecule has 0 heterocycles. The van der Waals surface area contributed by atoms with E-state index in [4.69, 9.17) is 16.7 Å². The normalized spacial score (nSPS) is 11.7. The fourth-order valence-corrected chi connectivity index (χ4v) is 1.50. The van der Waals surface area contributed by atoms with Crippen LogP contribution in [0.5, 0.6) is 0 Å². The molecule has 18 heavy (non-hydrogen) atoms.